The Morgan fingerprint density at radius 2 is 2.19 bits per heavy atom. The summed E-state index contributed by atoms with van der Waals surface area (Å²) in [5, 5.41) is 6.11. The second-order valence-electron chi connectivity index (χ2n) is 5.64. The Bertz CT molecular complexity index is 490. The maximum atomic E-state index is 12.0. The Kier molecular flexibility index (Phi) is 5.27. The highest BCUT2D eigenvalue weighted by atomic mass is 16.2. The van der Waals surface area contributed by atoms with Gasteiger partial charge in [0.05, 0.1) is 6.67 Å². The summed E-state index contributed by atoms with van der Waals surface area (Å²) in [6, 6.07) is 3.90. The number of amides is 2. The minimum absolute atomic E-state index is 0.0338. The molecule has 2 amide bonds. The molecule has 2 rings (SSSR count). The first-order valence-electron chi connectivity index (χ1n) is 7.23. The first-order valence-corrected chi connectivity index (χ1v) is 7.23. The van der Waals surface area contributed by atoms with Gasteiger partial charge in [-0.2, -0.15) is 0 Å². The van der Waals surface area contributed by atoms with Gasteiger partial charge in [0.2, 0.25) is 11.8 Å². The van der Waals surface area contributed by atoms with E-state index in [4.69, 9.17) is 0 Å². The molecule has 0 radical (unpaired) electrons. The van der Waals surface area contributed by atoms with Crippen LogP contribution in [0.3, 0.4) is 0 Å². The smallest absolute Gasteiger partial charge is 0.239 e. The molecule has 1 saturated heterocycles. The summed E-state index contributed by atoms with van der Waals surface area (Å²) in [6.07, 6.45) is 3.83. The first kappa shape index (κ1) is 15.4. The lowest BCUT2D eigenvalue weighted by Crippen LogP contribution is -2.54. The summed E-state index contributed by atoms with van der Waals surface area (Å²) in [6.45, 7) is 5.15. The molecule has 1 aromatic heterocycles. The van der Waals surface area contributed by atoms with Gasteiger partial charge in [0.15, 0.2) is 0 Å². The molecule has 1 aromatic rings. The van der Waals surface area contributed by atoms with Crippen molar-refractivity contribution in [1.29, 1.82) is 0 Å². The Morgan fingerprint density at radius 1 is 1.48 bits per heavy atom. The molecule has 0 bridgehead atoms. The van der Waals surface area contributed by atoms with E-state index in [1.807, 2.05) is 12.1 Å². The molecule has 114 valence electrons. The van der Waals surface area contributed by atoms with E-state index in [-0.39, 0.29) is 24.4 Å². The van der Waals surface area contributed by atoms with Crippen molar-refractivity contribution in [1.82, 2.24) is 20.5 Å². The molecule has 0 saturated carbocycles. The SMILES string of the molecule is CC(C)C1CC(=O)N(CC(=O)NCc2ccncc2)CN1. The normalized spacial score (nSPS) is 18.9. The zero-order chi connectivity index (χ0) is 15.2. The predicted molar refractivity (Wildman–Crippen MR) is 79.0 cm³/mol. The monoisotopic (exact) mass is 290 g/mol. The molecule has 1 aliphatic heterocycles. The second kappa shape index (κ2) is 7.17. The average molecular weight is 290 g/mol. The highest BCUT2D eigenvalue weighted by molar-refractivity contribution is 5.85. The quantitative estimate of drug-likeness (QED) is 0.828. The van der Waals surface area contributed by atoms with E-state index in [9.17, 15) is 9.59 Å². The van der Waals surface area contributed by atoms with Crippen molar-refractivity contribution >= 4 is 11.8 Å². The van der Waals surface area contributed by atoms with Gasteiger partial charge in [-0.3, -0.25) is 19.9 Å². The van der Waals surface area contributed by atoms with E-state index in [1.54, 1.807) is 17.3 Å². The molecule has 1 aliphatic rings. The van der Waals surface area contributed by atoms with E-state index >= 15 is 0 Å². The molecule has 0 aromatic carbocycles. The molecule has 6 nitrogen and oxygen atoms in total. The predicted octanol–water partition coefficient (Wildman–Crippen LogP) is 0.502. The van der Waals surface area contributed by atoms with Crippen LogP contribution in [0.2, 0.25) is 0 Å². The number of aromatic nitrogens is 1. The van der Waals surface area contributed by atoms with E-state index in [1.165, 1.54) is 0 Å². The fraction of sp³-hybridized carbons (Fsp3) is 0.533. The third kappa shape index (κ3) is 4.53. The average Bonchev–Trinajstić information content (AvgIpc) is 2.48. The highest BCUT2D eigenvalue weighted by Crippen LogP contribution is 2.12. The topological polar surface area (TPSA) is 74.3 Å². The standard InChI is InChI=1S/C15H22N4O2/c1-11(2)13-7-15(21)19(10-18-13)9-14(20)17-8-12-3-5-16-6-4-12/h3-6,11,13,18H,7-10H2,1-2H3,(H,17,20). The molecule has 0 aliphatic carbocycles. The zero-order valence-corrected chi connectivity index (χ0v) is 12.5. The van der Waals surface area contributed by atoms with E-state index in [2.05, 4.69) is 29.5 Å². The minimum atomic E-state index is -0.148. The molecule has 6 heteroatoms. The molecular formula is C15H22N4O2. The van der Waals surface area contributed by atoms with Gasteiger partial charge in [-0.1, -0.05) is 13.8 Å². The maximum absolute atomic E-state index is 12.0. The Morgan fingerprint density at radius 3 is 2.81 bits per heavy atom. The van der Waals surface area contributed by atoms with Crippen LogP contribution in [-0.2, 0) is 16.1 Å². The molecule has 2 heterocycles. The van der Waals surface area contributed by atoms with Gasteiger partial charge in [0.1, 0.15) is 6.54 Å². The van der Waals surface area contributed by atoms with Crippen LogP contribution in [0.25, 0.3) is 0 Å². The summed E-state index contributed by atoms with van der Waals surface area (Å²) >= 11 is 0. The summed E-state index contributed by atoms with van der Waals surface area (Å²) in [5.74, 6) is 0.299. The van der Waals surface area contributed by atoms with Crippen LogP contribution in [0.1, 0.15) is 25.8 Å². The molecule has 1 unspecified atom stereocenters. The second-order valence-corrected chi connectivity index (χ2v) is 5.64. The Labute approximate surface area is 124 Å². The zero-order valence-electron chi connectivity index (χ0n) is 12.5. The minimum Gasteiger partial charge on any atom is -0.350 e. The molecule has 2 N–H and O–H groups in total. The lowest BCUT2D eigenvalue weighted by Gasteiger charge is -2.34. The van der Waals surface area contributed by atoms with Crippen molar-refractivity contribution in [3.05, 3.63) is 30.1 Å². The number of carbonyl (C=O) groups is 2. The number of pyridine rings is 1. The van der Waals surface area contributed by atoms with Crippen LogP contribution >= 0.6 is 0 Å². The summed E-state index contributed by atoms with van der Waals surface area (Å²) in [7, 11) is 0. The first-order chi connectivity index (χ1) is 10.1. The lowest BCUT2D eigenvalue weighted by molar-refractivity contribution is -0.139. The van der Waals surface area contributed by atoms with Gasteiger partial charge in [-0.15, -0.1) is 0 Å². The Balaban J connectivity index is 1.77. The van der Waals surface area contributed by atoms with E-state index < -0.39 is 0 Å². The van der Waals surface area contributed by atoms with Gasteiger partial charge in [-0.25, -0.2) is 0 Å². The third-order valence-corrected chi connectivity index (χ3v) is 3.67. The highest BCUT2D eigenvalue weighted by Gasteiger charge is 2.27. The van der Waals surface area contributed by atoms with Crippen LogP contribution in [0.5, 0.6) is 0 Å². The molecular weight excluding hydrogens is 268 g/mol. The number of rotatable bonds is 5. The van der Waals surface area contributed by atoms with Crippen molar-refractivity contribution in [2.24, 2.45) is 5.92 Å². The third-order valence-electron chi connectivity index (χ3n) is 3.67. The fourth-order valence-corrected chi connectivity index (χ4v) is 2.25. The molecule has 1 atom stereocenters. The maximum Gasteiger partial charge on any atom is 0.239 e. The van der Waals surface area contributed by atoms with Crippen molar-refractivity contribution in [3.8, 4) is 0 Å². The lowest BCUT2D eigenvalue weighted by atomic mass is 9.99. The number of carbonyl (C=O) groups excluding carboxylic acids is 2. The fourth-order valence-electron chi connectivity index (χ4n) is 2.25. The molecule has 21 heavy (non-hydrogen) atoms. The van der Waals surface area contributed by atoms with Gasteiger partial charge >= 0.3 is 0 Å². The summed E-state index contributed by atoms with van der Waals surface area (Å²) in [5.41, 5.74) is 0.987. The van der Waals surface area contributed by atoms with Gasteiger partial charge in [-0.05, 0) is 23.6 Å². The number of hydrogen-bond donors (Lipinski definition) is 2. The van der Waals surface area contributed by atoms with Crippen LogP contribution in [-0.4, -0.2) is 41.0 Å². The largest absolute Gasteiger partial charge is 0.350 e. The number of nitrogens with one attached hydrogen (secondary N) is 2. The summed E-state index contributed by atoms with van der Waals surface area (Å²) in [4.78, 5) is 29.4. The van der Waals surface area contributed by atoms with Crippen LogP contribution in [0.4, 0.5) is 0 Å². The summed E-state index contributed by atoms with van der Waals surface area (Å²) < 4.78 is 0. The van der Waals surface area contributed by atoms with Crippen LogP contribution in [0.15, 0.2) is 24.5 Å². The van der Waals surface area contributed by atoms with Gasteiger partial charge in [0, 0.05) is 31.4 Å². The van der Waals surface area contributed by atoms with Crippen molar-refractivity contribution in [3.63, 3.8) is 0 Å². The van der Waals surface area contributed by atoms with Crippen molar-refractivity contribution < 1.29 is 9.59 Å². The van der Waals surface area contributed by atoms with Crippen molar-refractivity contribution in [2.75, 3.05) is 13.2 Å². The van der Waals surface area contributed by atoms with Gasteiger partial charge in [0.25, 0.3) is 0 Å². The number of hydrogen-bond acceptors (Lipinski definition) is 4. The Hall–Kier alpha value is -1.95. The molecule has 1 fully saturated rings. The van der Waals surface area contributed by atoms with Crippen LogP contribution < -0.4 is 10.6 Å². The van der Waals surface area contributed by atoms with Crippen LogP contribution in [0, 0.1) is 5.92 Å². The van der Waals surface area contributed by atoms with E-state index in [0.29, 0.717) is 25.6 Å². The van der Waals surface area contributed by atoms with E-state index in [0.717, 1.165) is 5.56 Å². The van der Waals surface area contributed by atoms with Gasteiger partial charge < -0.3 is 10.2 Å². The molecule has 0 spiro atoms. The van der Waals surface area contributed by atoms with Crippen molar-refractivity contribution in [2.45, 2.75) is 32.9 Å². The number of nitrogens with zero attached hydrogens (tertiary/aromatic N) is 2.